The highest BCUT2D eigenvalue weighted by molar-refractivity contribution is 5.92. The number of halogens is 1. The van der Waals surface area contributed by atoms with Gasteiger partial charge in [-0.15, -0.1) is 0 Å². The number of carbonyl (C=O) groups excluding carboxylic acids is 1. The molecule has 4 rings (SSSR count). The molecule has 0 aliphatic carbocycles. The van der Waals surface area contributed by atoms with Crippen molar-refractivity contribution in [2.45, 2.75) is 12.5 Å². The van der Waals surface area contributed by atoms with E-state index in [0.717, 1.165) is 11.1 Å². The predicted octanol–water partition coefficient (Wildman–Crippen LogP) is 3.98. The van der Waals surface area contributed by atoms with Gasteiger partial charge in [0.2, 0.25) is 5.88 Å². The van der Waals surface area contributed by atoms with Gasteiger partial charge in [0, 0.05) is 11.6 Å². The Morgan fingerprint density at radius 3 is 2.48 bits per heavy atom. The summed E-state index contributed by atoms with van der Waals surface area (Å²) in [7, 11) is 1.28. The van der Waals surface area contributed by atoms with Gasteiger partial charge in [-0.25, -0.2) is 9.18 Å². The highest BCUT2D eigenvalue weighted by atomic mass is 19.1. The van der Waals surface area contributed by atoms with Crippen molar-refractivity contribution in [1.29, 1.82) is 0 Å². The molecule has 3 N–H and O–H groups in total. The fraction of sp³-hybridized carbons (Fsp3) is 0.125. The highest BCUT2D eigenvalue weighted by Gasteiger charge is 2.35. The van der Waals surface area contributed by atoms with Gasteiger partial charge < -0.3 is 25.1 Å². The number of phenolic OH excluding ortho intramolecular Hbond substituents is 1. The van der Waals surface area contributed by atoms with E-state index in [1.807, 2.05) is 12.1 Å². The largest absolute Gasteiger partial charge is 0.508 e. The zero-order valence-corrected chi connectivity index (χ0v) is 16.7. The fourth-order valence-corrected chi connectivity index (χ4v) is 3.50. The van der Waals surface area contributed by atoms with Crippen LogP contribution in [-0.2, 0) is 16.1 Å². The van der Waals surface area contributed by atoms with E-state index in [-0.39, 0.29) is 23.0 Å². The minimum atomic E-state index is -0.599. The van der Waals surface area contributed by atoms with E-state index in [2.05, 4.69) is 0 Å². The molecular weight excluding hydrogens is 401 g/mol. The molecule has 7 heteroatoms. The van der Waals surface area contributed by atoms with E-state index < -0.39 is 11.9 Å². The highest BCUT2D eigenvalue weighted by Crippen LogP contribution is 2.44. The van der Waals surface area contributed by atoms with Crippen LogP contribution in [0.4, 0.5) is 4.39 Å². The molecule has 1 atom stereocenters. The summed E-state index contributed by atoms with van der Waals surface area (Å²) in [6, 6.07) is 17.9. The SMILES string of the molecule is COC(=O)C1=C(N)Oc2cc(O)ccc2[C@@H]1c1ccc(OCc2ccc(F)cc2)cc1. The Balaban J connectivity index is 1.63. The molecule has 1 aliphatic rings. The summed E-state index contributed by atoms with van der Waals surface area (Å²) in [5.41, 5.74) is 8.49. The quantitative estimate of drug-likeness (QED) is 0.606. The molecule has 0 amide bonds. The second-order valence-corrected chi connectivity index (χ2v) is 7.01. The van der Waals surface area contributed by atoms with Gasteiger partial charge in [0.1, 0.15) is 35.2 Å². The summed E-state index contributed by atoms with van der Waals surface area (Å²) in [6.45, 7) is 0.291. The van der Waals surface area contributed by atoms with E-state index in [0.29, 0.717) is 23.7 Å². The van der Waals surface area contributed by atoms with Gasteiger partial charge in [0.25, 0.3) is 0 Å². The van der Waals surface area contributed by atoms with Crippen molar-refractivity contribution in [2.24, 2.45) is 5.73 Å². The number of nitrogens with two attached hydrogens (primary N) is 1. The Morgan fingerprint density at radius 1 is 1.10 bits per heavy atom. The van der Waals surface area contributed by atoms with Crippen LogP contribution in [0.25, 0.3) is 0 Å². The molecule has 3 aromatic carbocycles. The topological polar surface area (TPSA) is 91.0 Å². The van der Waals surface area contributed by atoms with Crippen molar-refractivity contribution in [3.63, 3.8) is 0 Å². The first-order valence-corrected chi connectivity index (χ1v) is 9.52. The molecule has 1 heterocycles. The number of methoxy groups -OCH3 is 1. The molecule has 0 spiro atoms. The average Bonchev–Trinajstić information content (AvgIpc) is 2.77. The summed E-state index contributed by atoms with van der Waals surface area (Å²) in [5.74, 6) is -0.509. The zero-order valence-electron chi connectivity index (χ0n) is 16.7. The van der Waals surface area contributed by atoms with Crippen molar-refractivity contribution in [3.05, 3.63) is 101 Å². The molecule has 0 bridgehead atoms. The number of aromatic hydroxyl groups is 1. The fourth-order valence-electron chi connectivity index (χ4n) is 3.50. The maximum atomic E-state index is 13.0. The lowest BCUT2D eigenvalue weighted by Crippen LogP contribution is -2.26. The Kier molecular flexibility index (Phi) is 5.49. The van der Waals surface area contributed by atoms with E-state index >= 15 is 0 Å². The molecule has 3 aromatic rings. The standard InChI is InChI=1S/C24H20FNO5/c1-29-24(28)22-21(19-11-8-17(27)12-20(19)31-23(22)26)15-4-9-18(10-5-15)30-13-14-2-6-16(25)7-3-14/h2-12,21,27H,13,26H2,1H3/t21-/m0/s1. The maximum absolute atomic E-state index is 13.0. The predicted molar refractivity (Wildman–Crippen MR) is 111 cm³/mol. The molecule has 0 fully saturated rings. The first kappa shape index (κ1) is 20.3. The number of hydrogen-bond acceptors (Lipinski definition) is 6. The summed E-state index contributed by atoms with van der Waals surface area (Å²) < 4.78 is 29.3. The lowest BCUT2D eigenvalue weighted by Gasteiger charge is -2.28. The van der Waals surface area contributed by atoms with Crippen molar-refractivity contribution in [1.82, 2.24) is 0 Å². The van der Waals surface area contributed by atoms with Crippen LogP contribution in [0.5, 0.6) is 17.2 Å². The van der Waals surface area contributed by atoms with E-state index in [1.165, 1.54) is 31.4 Å². The number of rotatable bonds is 5. The minimum absolute atomic E-state index is 0.0244. The molecule has 0 saturated carbocycles. The normalized spacial score (nSPS) is 15.1. The molecular formula is C24H20FNO5. The summed E-state index contributed by atoms with van der Waals surface area (Å²) in [4.78, 5) is 12.4. The number of carbonyl (C=O) groups is 1. The van der Waals surface area contributed by atoms with Crippen LogP contribution in [0.3, 0.4) is 0 Å². The zero-order chi connectivity index (χ0) is 22.0. The molecule has 6 nitrogen and oxygen atoms in total. The number of ether oxygens (including phenoxy) is 3. The molecule has 0 unspecified atom stereocenters. The maximum Gasteiger partial charge on any atom is 0.340 e. The van der Waals surface area contributed by atoms with Crippen LogP contribution in [0, 0.1) is 5.82 Å². The second kappa shape index (κ2) is 8.39. The smallest absolute Gasteiger partial charge is 0.340 e. The molecule has 31 heavy (non-hydrogen) atoms. The van der Waals surface area contributed by atoms with E-state index in [1.54, 1.807) is 30.3 Å². The molecule has 1 aliphatic heterocycles. The second-order valence-electron chi connectivity index (χ2n) is 7.01. The third-order valence-corrected chi connectivity index (χ3v) is 5.02. The Bertz CT molecular complexity index is 1140. The van der Waals surface area contributed by atoms with Crippen LogP contribution in [-0.4, -0.2) is 18.2 Å². The lowest BCUT2D eigenvalue weighted by atomic mass is 9.83. The Labute approximate surface area is 178 Å². The lowest BCUT2D eigenvalue weighted by molar-refractivity contribution is -0.136. The van der Waals surface area contributed by atoms with Gasteiger partial charge in [-0.05, 0) is 41.5 Å². The number of hydrogen-bond donors (Lipinski definition) is 2. The molecule has 0 aromatic heterocycles. The number of fused-ring (bicyclic) bond motifs is 1. The first-order chi connectivity index (χ1) is 15.0. The third kappa shape index (κ3) is 4.16. The van der Waals surface area contributed by atoms with Crippen LogP contribution in [0.15, 0.2) is 78.2 Å². The Morgan fingerprint density at radius 2 is 1.81 bits per heavy atom. The molecule has 0 radical (unpaired) electrons. The van der Waals surface area contributed by atoms with Crippen molar-refractivity contribution < 1.29 is 28.5 Å². The van der Waals surface area contributed by atoms with Crippen LogP contribution >= 0.6 is 0 Å². The third-order valence-electron chi connectivity index (χ3n) is 5.02. The van der Waals surface area contributed by atoms with Crippen molar-refractivity contribution in [2.75, 3.05) is 7.11 Å². The van der Waals surface area contributed by atoms with Gasteiger partial charge in [0.15, 0.2) is 0 Å². The van der Waals surface area contributed by atoms with Gasteiger partial charge in [-0.2, -0.15) is 0 Å². The van der Waals surface area contributed by atoms with Gasteiger partial charge >= 0.3 is 5.97 Å². The van der Waals surface area contributed by atoms with Crippen LogP contribution in [0.1, 0.15) is 22.6 Å². The van der Waals surface area contributed by atoms with Gasteiger partial charge in [-0.1, -0.05) is 30.3 Å². The van der Waals surface area contributed by atoms with Crippen LogP contribution in [0.2, 0.25) is 0 Å². The van der Waals surface area contributed by atoms with E-state index in [4.69, 9.17) is 19.9 Å². The van der Waals surface area contributed by atoms with Crippen molar-refractivity contribution in [3.8, 4) is 17.2 Å². The summed E-state index contributed by atoms with van der Waals surface area (Å²) in [5, 5.41) is 9.79. The minimum Gasteiger partial charge on any atom is -0.508 e. The van der Waals surface area contributed by atoms with E-state index in [9.17, 15) is 14.3 Å². The van der Waals surface area contributed by atoms with Gasteiger partial charge in [-0.3, -0.25) is 0 Å². The van der Waals surface area contributed by atoms with Crippen molar-refractivity contribution >= 4 is 5.97 Å². The van der Waals surface area contributed by atoms with Gasteiger partial charge in [0.05, 0.1) is 13.0 Å². The molecule has 0 saturated heterocycles. The van der Waals surface area contributed by atoms with Crippen LogP contribution < -0.4 is 15.2 Å². The number of esters is 1. The summed E-state index contributed by atoms with van der Waals surface area (Å²) in [6.07, 6.45) is 0. The molecule has 158 valence electrons. The number of benzene rings is 3. The first-order valence-electron chi connectivity index (χ1n) is 9.52. The Hall–Kier alpha value is -4.00. The monoisotopic (exact) mass is 421 g/mol. The summed E-state index contributed by atoms with van der Waals surface area (Å²) >= 11 is 0. The average molecular weight is 421 g/mol. The number of phenols is 1.